The first-order chi connectivity index (χ1) is 5.16. The maximum Gasteiger partial charge on any atom is 0.0997 e. The number of nitrogen functional groups attached to an aromatic ring is 1. The van der Waals surface area contributed by atoms with Crippen LogP contribution in [0, 0.1) is 18.3 Å². The molecule has 0 aliphatic rings. The van der Waals surface area contributed by atoms with Gasteiger partial charge >= 0.3 is 0 Å². The third kappa shape index (κ3) is 1.17. The van der Waals surface area contributed by atoms with Gasteiger partial charge in [0, 0.05) is 7.05 Å². The van der Waals surface area contributed by atoms with Gasteiger partial charge in [0.1, 0.15) is 0 Å². The zero-order chi connectivity index (χ0) is 8.43. The van der Waals surface area contributed by atoms with E-state index in [9.17, 15) is 0 Å². The third-order valence-corrected chi connectivity index (χ3v) is 1.70. The standard InChI is InChI=1S/C7H10N4/c1-5-7(9)6(3-4-8)10-11(5)2/h3,9H2,1-2H3. The van der Waals surface area contributed by atoms with Crippen molar-refractivity contribution in [2.24, 2.45) is 7.05 Å². The van der Waals surface area contributed by atoms with Crippen molar-refractivity contribution in [2.75, 3.05) is 5.73 Å². The van der Waals surface area contributed by atoms with Crippen molar-refractivity contribution in [3.63, 3.8) is 0 Å². The smallest absolute Gasteiger partial charge is 0.0997 e. The van der Waals surface area contributed by atoms with Gasteiger partial charge in [-0.1, -0.05) is 0 Å². The van der Waals surface area contributed by atoms with Crippen LogP contribution in [0.2, 0.25) is 0 Å². The third-order valence-electron chi connectivity index (χ3n) is 1.70. The lowest BCUT2D eigenvalue weighted by atomic mass is 10.2. The molecule has 0 atom stereocenters. The monoisotopic (exact) mass is 150 g/mol. The van der Waals surface area contributed by atoms with Crippen LogP contribution in [0.1, 0.15) is 11.4 Å². The number of rotatable bonds is 1. The quantitative estimate of drug-likeness (QED) is 0.629. The molecule has 0 aliphatic heterocycles. The van der Waals surface area contributed by atoms with Crippen molar-refractivity contribution in [2.45, 2.75) is 13.3 Å². The Morgan fingerprint density at radius 3 is 2.73 bits per heavy atom. The lowest BCUT2D eigenvalue weighted by Crippen LogP contribution is -1.93. The second kappa shape index (κ2) is 2.62. The van der Waals surface area contributed by atoms with Gasteiger partial charge in [0.05, 0.1) is 29.6 Å². The van der Waals surface area contributed by atoms with Gasteiger partial charge in [0.25, 0.3) is 0 Å². The number of nitrogens with zero attached hydrogens (tertiary/aromatic N) is 3. The van der Waals surface area contributed by atoms with E-state index < -0.39 is 0 Å². The van der Waals surface area contributed by atoms with E-state index in [0.717, 1.165) is 5.69 Å². The molecule has 1 aromatic rings. The SMILES string of the molecule is Cc1c(N)c(CC#N)nn1C. The Balaban J connectivity index is 3.10. The van der Waals surface area contributed by atoms with E-state index in [2.05, 4.69) is 5.10 Å². The molecule has 0 saturated carbocycles. The minimum absolute atomic E-state index is 0.285. The van der Waals surface area contributed by atoms with Crippen molar-refractivity contribution in [3.05, 3.63) is 11.4 Å². The predicted octanol–water partition coefficient (Wildman–Crippen LogP) is 0.377. The Morgan fingerprint density at radius 2 is 2.36 bits per heavy atom. The van der Waals surface area contributed by atoms with Gasteiger partial charge in [-0.25, -0.2) is 0 Å². The fourth-order valence-electron chi connectivity index (χ4n) is 0.899. The van der Waals surface area contributed by atoms with Gasteiger partial charge in [0.15, 0.2) is 0 Å². The molecule has 58 valence electrons. The number of anilines is 1. The minimum Gasteiger partial charge on any atom is -0.396 e. The molecular weight excluding hydrogens is 140 g/mol. The normalized spacial score (nSPS) is 9.55. The average molecular weight is 150 g/mol. The number of hydrogen-bond acceptors (Lipinski definition) is 3. The molecule has 11 heavy (non-hydrogen) atoms. The molecule has 1 heterocycles. The number of nitriles is 1. The molecule has 4 heteroatoms. The lowest BCUT2D eigenvalue weighted by Gasteiger charge is -1.91. The Bertz CT molecular complexity index is 305. The summed E-state index contributed by atoms with van der Waals surface area (Å²) >= 11 is 0. The summed E-state index contributed by atoms with van der Waals surface area (Å²) in [6.07, 6.45) is 0.285. The average Bonchev–Trinajstić information content (AvgIpc) is 2.19. The minimum atomic E-state index is 0.285. The first-order valence-electron chi connectivity index (χ1n) is 3.31. The van der Waals surface area contributed by atoms with Crippen LogP contribution in [-0.2, 0) is 13.5 Å². The van der Waals surface area contributed by atoms with Gasteiger partial charge in [0.2, 0.25) is 0 Å². The van der Waals surface area contributed by atoms with Gasteiger partial charge in [-0.3, -0.25) is 4.68 Å². The maximum absolute atomic E-state index is 8.39. The number of nitrogens with two attached hydrogens (primary N) is 1. The van der Waals surface area contributed by atoms with Crippen LogP contribution in [-0.4, -0.2) is 9.78 Å². The summed E-state index contributed by atoms with van der Waals surface area (Å²) in [6, 6.07) is 2.01. The number of hydrogen-bond donors (Lipinski definition) is 1. The second-order valence-electron chi connectivity index (χ2n) is 2.40. The Kier molecular flexibility index (Phi) is 1.81. The van der Waals surface area contributed by atoms with Gasteiger partial charge in [-0.05, 0) is 6.92 Å². The van der Waals surface area contributed by atoms with E-state index in [1.54, 1.807) is 4.68 Å². The molecule has 0 aliphatic carbocycles. The molecule has 2 N–H and O–H groups in total. The molecule has 1 aromatic heterocycles. The molecule has 0 spiro atoms. The van der Waals surface area contributed by atoms with Gasteiger partial charge in [-0.2, -0.15) is 10.4 Å². The Labute approximate surface area is 65.2 Å². The van der Waals surface area contributed by atoms with E-state index in [-0.39, 0.29) is 6.42 Å². The van der Waals surface area contributed by atoms with Crippen molar-refractivity contribution in [1.29, 1.82) is 5.26 Å². The fourth-order valence-corrected chi connectivity index (χ4v) is 0.899. The van der Waals surface area contributed by atoms with E-state index in [1.807, 2.05) is 20.0 Å². The van der Waals surface area contributed by atoms with Crippen LogP contribution in [0.5, 0.6) is 0 Å². The molecule has 0 radical (unpaired) electrons. The maximum atomic E-state index is 8.39. The summed E-state index contributed by atoms with van der Waals surface area (Å²) in [5.74, 6) is 0. The highest BCUT2D eigenvalue weighted by Gasteiger charge is 2.07. The largest absolute Gasteiger partial charge is 0.396 e. The Hall–Kier alpha value is -1.50. The number of aryl methyl sites for hydroxylation is 1. The predicted molar refractivity (Wildman–Crippen MR) is 41.7 cm³/mol. The Morgan fingerprint density at radius 1 is 1.73 bits per heavy atom. The van der Waals surface area contributed by atoms with Gasteiger partial charge in [-0.15, -0.1) is 0 Å². The van der Waals surface area contributed by atoms with E-state index in [1.165, 1.54) is 0 Å². The topological polar surface area (TPSA) is 67.6 Å². The van der Waals surface area contributed by atoms with Crippen LogP contribution in [0.4, 0.5) is 5.69 Å². The highest BCUT2D eigenvalue weighted by Crippen LogP contribution is 2.14. The van der Waals surface area contributed by atoms with Crippen LogP contribution in [0.25, 0.3) is 0 Å². The second-order valence-corrected chi connectivity index (χ2v) is 2.40. The summed E-state index contributed by atoms with van der Waals surface area (Å²) in [5.41, 5.74) is 7.87. The molecule has 4 nitrogen and oxygen atoms in total. The molecule has 0 amide bonds. The first kappa shape index (κ1) is 7.61. The highest BCUT2D eigenvalue weighted by atomic mass is 15.3. The summed E-state index contributed by atoms with van der Waals surface area (Å²) in [5, 5.41) is 12.5. The van der Waals surface area contributed by atoms with Crippen LogP contribution in [0.15, 0.2) is 0 Å². The summed E-state index contributed by atoms with van der Waals surface area (Å²) in [6.45, 7) is 1.88. The highest BCUT2D eigenvalue weighted by molar-refractivity contribution is 5.48. The molecule has 0 bridgehead atoms. The van der Waals surface area contributed by atoms with Crippen LogP contribution >= 0.6 is 0 Å². The van der Waals surface area contributed by atoms with E-state index >= 15 is 0 Å². The molecule has 0 aromatic carbocycles. The fraction of sp³-hybridized carbons (Fsp3) is 0.429. The van der Waals surface area contributed by atoms with Crippen molar-refractivity contribution in [1.82, 2.24) is 9.78 Å². The summed E-state index contributed by atoms with van der Waals surface area (Å²) in [7, 11) is 1.81. The first-order valence-corrected chi connectivity index (χ1v) is 3.31. The van der Waals surface area contributed by atoms with Crippen molar-refractivity contribution in [3.8, 4) is 6.07 Å². The van der Waals surface area contributed by atoms with Crippen molar-refractivity contribution < 1.29 is 0 Å². The molecule has 0 unspecified atom stereocenters. The van der Waals surface area contributed by atoms with E-state index in [4.69, 9.17) is 11.0 Å². The number of aromatic nitrogens is 2. The zero-order valence-electron chi connectivity index (χ0n) is 6.63. The molecule has 1 rings (SSSR count). The van der Waals surface area contributed by atoms with Gasteiger partial charge < -0.3 is 5.73 Å². The zero-order valence-corrected chi connectivity index (χ0v) is 6.63. The van der Waals surface area contributed by atoms with E-state index in [0.29, 0.717) is 11.4 Å². The van der Waals surface area contributed by atoms with Crippen LogP contribution < -0.4 is 5.73 Å². The summed E-state index contributed by atoms with van der Waals surface area (Å²) < 4.78 is 1.68. The van der Waals surface area contributed by atoms with Crippen LogP contribution in [0.3, 0.4) is 0 Å². The molecular formula is C7H10N4. The summed E-state index contributed by atoms with van der Waals surface area (Å²) in [4.78, 5) is 0. The lowest BCUT2D eigenvalue weighted by molar-refractivity contribution is 0.727. The molecule has 0 saturated heterocycles. The molecule has 0 fully saturated rings. The van der Waals surface area contributed by atoms with Crippen molar-refractivity contribution >= 4 is 5.69 Å².